The van der Waals surface area contributed by atoms with Crippen LogP contribution >= 0.6 is 11.8 Å². The number of hydrogen-bond acceptors (Lipinski definition) is 4. The molecule has 2 rings (SSSR count). The van der Waals surface area contributed by atoms with E-state index in [2.05, 4.69) is 17.0 Å². The van der Waals surface area contributed by atoms with Crippen molar-refractivity contribution in [2.24, 2.45) is 0 Å². The summed E-state index contributed by atoms with van der Waals surface area (Å²) in [6.07, 6.45) is 5.33. The fourth-order valence-corrected chi connectivity index (χ4v) is 3.44. The lowest BCUT2D eigenvalue weighted by atomic mass is 10.2. The van der Waals surface area contributed by atoms with Crippen molar-refractivity contribution in [3.63, 3.8) is 0 Å². The summed E-state index contributed by atoms with van der Waals surface area (Å²) in [7, 11) is -3.40. The summed E-state index contributed by atoms with van der Waals surface area (Å²) in [5.41, 5.74) is 1.02. The zero-order valence-electron chi connectivity index (χ0n) is 12.6. The van der Waals surface area contributed by atoms with Gasteiger partial charge in [0.2, 0.25) is 10.0 Å². The average Bonchev–Trinajstić information content (AvgIpc) is 3.29. The van der Waals surface area contributed by atoms with Gasteiger partial charge in [-0.2, -0.15) is 11.8 Å². The highest BCUT2D eigenvalue weighted by Gasteiger charge is 2.20. The summed E-state index contributed by atoms with van der Waals surface area (Å²) in [5.74, 6) is 0. The third-order valence-electron chi connectivity index (χ3n) is 3.63. The Bertz CT molecular complexity index is 557. The van der Waals surface area contributed by atoms with Crippen LogP contribution in [0.4, 0.5) is 0 Å². The zero-order valence-corrected chi connectivity index (χ0v) is 14.3. The molecule has 2 N–H and O–H groups in total. The van der Waals surface area contributed by atoms with Gasteiger partial charge in [-0.05, 0) is 43.2 Å². The van der Waals surface area contributed by atoms with Crippen molar-refractivity contribution in [2.75, 3.05) is 12.8 Å². The molecule has 1 unspecified atom stereocenters. The van der Waals surface area contributed by atoms with Crippen LogP contribution in [0.5, 0.6) is 0 Å². The van der Waals surface area contributed by atoms with Crippen molar-refractivity contribution in [1.29, 1.82) is 0 Å². The molecule has 0 saturated heterocycles. The van der Waals surface area contributed by atoms with Crippen LogP contribution in [0.25, 0.3) is 0 Å². The molecule has 1 atom stereocenters. The summed E-state index contributed by atoms with van der Waals surface area (Å²) in [4.78, 5) is 0.356. The van der Waals surface area contributed by atoms with Gasteiger partial charge in [0.1, 0.15) is 0 Å². The van der Waals surface area contributed by atoms with Crippen molar-refractivity contribution < 1.29 is 8.42 Å². The van der Waals surface area contributed by atoms with Gasteiger partial charge in [0.15, 0.2) is 0 Å². The molecule has 0 amide bonds. The maximum Gasteiger partial charge on any atom is 0.240 e. The van der Waals surface area contributed by atoms with Crippen molar-refractivity contribution in [3.8, 4) is 0 Å². The Morgan fingerprint density at radius 1 is 1.38 bits per heavy atom. The van der Waals surface area contributed by atoms with E-state index in [1.807, 2.05) is 18.4 Å². The van der Waals surface area contributed by atoms with Gasteiger partial charge in [-0.3, -0.25) is 0 Å². The molecule has 0 spiro atoms. The van der Waals surface area contributed by atoms with Gasteiger partial charge in [-0.25, -0.2) is 13.1 Å². The molecule has 1 saturated carbocycles. The summed E-state index contributed by atoms with van der Waals surface area (Å²) in [5, 5.41) is 3.86. The third kappa shape index (κ3) is 5.62. The first kappa shape index (κ1) is 16.8. The molecular weight excluding hydrogens is 304 g/mol. The Hall–Kier alpha value is -0.560. The van der Waals surface area contributed by atoms with Crippen LogP contribution in [0.15, 0.2) is 29.2 Å². The highest BCUT2D eigenvalue weighted by molar-refractivity contribution is 7.99. The number of thioether (sulfide) groups is 1. The Labute approximate surface area is 132 Å². The minimum Gasteiger partial charge on any atom is -0.310 e. The van der Waals surface area contributed by atoms with Crippen LogP contribution < -0.4 is 10.0 Å². The molecule has 1 aliphatic rings. The summed E-state index contributed by atoms with van der Waals surface area (Å²) in [6, 6.07) is 7.81. The highest BCUT2D eigenvalue weighted by Crippen LogP contribution is 2.20. The normalized spacial score (nSPS) is 16.9. The van der Waals surface area contributed by atoms with Crippen molar-refractivity contribution >= 4 is 21.8 Å². The number of benzene rings is 1. The molecule has 0 bridgehead atoms. The van der Waals surface area contributed by atoms with E-state index in [1.165, 1.54) is 12.8 Å². The van der Waals surface area contributed by atoms with Crippen LogP contribution in [-0.2, 0) is 16.6 Å². The van der Waals surface area contributed by atoms with Crippen LogP contribution in [-0.4, -0.2) is 32.5 Å². The van der Waals surface area contributed by atoms with Gasteiger partial charge in [-0.15, -0.1) is 0 Å². The van der Waals surface area contributed by atoms with E-state index in [1.54, 1.807) is 23.9 Å². The van der Waals surface area contributed by atoms with Crippen LogP contribution in [0.2, 0.25) is 0 Å². The zero-order chi connectivity index (χ0) is 15.3. The van der Waals surface area contributed by atoms with Gasteiger partial charge in [0.25, 0.3) is 0 Å². The lowest BCUT2D eigenvalue weighted by molar-refractivity contribution is 0.578. The molecule has 4 nitrogen and oxygen atoms in total. The highest BCUT2D eigenvalue weighted by atomic mass is 32.2. The van der Waals surface area contributed by atoms with E-state index in [-0.39, 0.29) is 0 Å². The molecular formula is C15H24N2O2S2. The second-order valence-corrected chi connectivity index (χ2v) is 8.58. The molecule has 1 aromatic carbocycles. The fourth-order valence-electron chi connectivity index (χ4n) is 1.97. The number of rotatable bonds is 9. The maximum absolute atomic E-state index is 12.3. The maximum atomic E-state index is 12.3. The summed E-state index contributed by atoms with van der Waals surface area (Å²) < 4.78 is 27.2. The Morgan fingerprint density at radius 3 is 2.81 bits per heavy atom. The van der Waals surface area contributed by atoms with Gasteiger partial charge in [0.05, 0.1) is 4.90 Å². The molecule has 0 radical (unpaired) electrons. The molecule has 0 aromatic heterocycles. The Kier molecular flexibility index (Phi) is 6.10. The first-order chi connectivity index (χ1) is 10.0. The number of nitrogens with one attached hydrogen (secondary N) is 2. The van der Waals surface area contributed by atoms with Crippen molar-refractivity contribution in [3.05, 3.63) is 29.8 Å². The van der Waals surface area contributed by atoms with Crippen molar-refractivity contribution in [2.45, 2.75) is 48.9 Å². The molecule has 1 aliphatic carbocycles. The predicted octanol–water partition coefficient (Wildman–Crippen LogP) is 2.36. The standard InChI is InChI=1S/C15H24N2O2S2/c1-12(20-2)8-9-17-21(18,19)15-5-3-4-13(10-15)11-16-14-6-7-14/h3-5,10,12,14,16-17H,6-9,11H2,1-2H3. The lowest BCUT2D eigenvalue weighted by Gasteiger charge is -2.11. The van der Waals surface area contributed by atoms with E-state index in [0.717, 1.165) is 18.5 Å². The summed E-state index contributed by atoms with van der Waals surface area (Å²) in [6.45, 7) is 3.32. The van der Waals surface area contributed by atoms with Crippen LogP contribution in [0, 0.1) is 0 Å². The van der Waals surface area contributed by atoms with E-state index in [4.69, 9.17) is 0 Å². The van der Waals surface area contributed by atoms with E-state index >= 15 is 0 Å². The monoisotopic (exact) mass is 328 g/mol. The molecule has 21 heavy (non-hydrogen) atoms. The smallest absolute Gasteiger partial charge is 0.240 e. The number of hydrogen-bond donors (Lipinski definition) is 2. The largest absolute Gasteiger partial charge is 0.310 e. The van der Waals surface area contributed by atoms with Crippen molar-refractivity contribution in [1.82, 2.24) is 10.0 Å². The second kappa shape index (κ2) is 7.63. The van der Waals surface area contributed by atoms with E-state index < -0.39 is 10.0 Å². The first-order valence-corrected chi connectivity index (χ1v) is 10.1. The first-order valence-electron chi connectivity index (χ1n) is 7.36. The van der Waals surface area contributed by atoms with Crippen LogP contribution in [0.1, 0.15) is 31.7 Å². The molecule has 1 aromatic rings. The van der Waals surface area contributed by atoms with E-state index in [9.17, 15) is 8.42 Å². The molecule has 0 aliphatic heterocycles. The molecule has 1 fully saturated rings. The van der Waals surface area contributed by atoms with Gasteiger partial charge < -0.3 is 5.32 Å². The lowest BCUT2D eigenvalue weighted by Crippen LogP contribution is -2.26. The van der Waals surface area contributed by atoms with Gasteiger partial charge >= 0.3 is 0 Å². The van der Waals surface area contributed by atoms with Gasteiger partial charge in [0, 0.05) is 24.4 Å². The topological polar surface area (TPSA) is 58.2 Å². The summed E-state index contributed by atoms with van der Waals surface area (Å²) >= 11 is 1.75. The Morgan fingerprint density at radius 2 is 2.14 bits per heavy atom. The second-order valence-electron chi connectivity index (χ2n) is 5.54. The number of sulfonamides is 1. The minimum absolute atomic E-state index is 0.356. The predicted molar refractivity (Wildman–Crippen MR) is 89.1 cm³/mol. The fraction of sp³-hybridized carbons (Fsp3) is 0.600. The Balaban J connectivity index is 1.93. The average molecular weight is 329 g/mol. The molecule has 6 heteroatoms. The quantitative estimate of drug-likeness (QED) is 0.731. The minimum atomic E-state index is -3.40. The van der Waals surface area contributed by atoms with E-state index in [0.29, 0.717) is 22.7 Å². The molecule has 0 heterocycles. The van der Waals surface area contributed by atoms with Gasteiger partial charge in [-0.1, -0.05) is 19.1 Å². The SMILES string of the molecule is CSC(C)CCNS(=O)(=O)c1cccc(CNC2CC2)c1. The molecule has 118 valence electrons. The third-order valence-corrected chi connectivity index (χ3v) is 6.13. The van der Waals surface area contributed by atoms with Crippen LogP contribution in [0.3, 0.4) is 0 Å².